The molecule has 0 fully saturated rings. The van der Waals surface area contributed by atoms with Crippen LogP contribution in [0.3, 0.4) is 0 Å². The fourth-order valence-electron chi connectivity index (χ4n) is 1.50. The molecule has 1 heterocycles. The van der Waals surface area contributed by atoms with E-state index in [0.717, 1.165) is 34.1 Å². The normalized spacial score (nSPS) is 10.6. The molecule has 0 bridgehead atoms. The van der Waals surface area contributed by atoms with Gasteiger partial charge >= 0.3 is 0 Å². The van der Waals surface area contributed by atoms with Crippen LogP contribution in [0, 0.1) is 0 Å². The zero-order valence-electron chi connectivity index (χ0n) is 8.82. The van der Waals surface area contributed by atoms with Gasteiger partial charge in [-0.05, 0) is 18.2 Å². The largest absolute Gasteiger partial charge is 0.330 e. The van der Waals surface area contributed by atoms with E-state index in [0.29, 0.717) is 6.54 Å². The van der Waals surface area contributed by atoms with Crippen LogP contribution in [0.25, 0.3) is 0 Å². The Hall–Kier alpha value is -0.900. The number of nitrogens with zero attached hydrogens (tertiary/aromatic N) is 1. The van der Waals surface area contributed by atoms with Crippen LogP contribution in [-0.2, 0) is 12.8 Å². The molecule has 1 aromatic carbocycles. The number of hydrogen-bond acceptors (Lipinski definition) is 3. The van der Waals surface area contributed by atoms with E-state index in [9.17, 15) is 0 Å². The molecule has 0 saturated heterocycles. The summed E-state index contributed by atoms with van der Waals surface area (Å²) in [5, 5.41) is 3.97. The van der Waals surface area contributed by atoms with Crippen molar-refractivity contribution < 1.29 is 0 Å². The van der Waals surface area contributed by atoms with Crippen LogP contribution in [0.4, 0.5) is 0 Å². The minimum absolute atomic E-state index is 0.648. The molecule has 2 nitrogen and oxygen atoms in total. The number of thiazole rings is 1. The molecule has 2 aromatic rings. The lowest BCUT2D eigenvalue weighted by molar-refractivity contribution is 0.922. The van der Waals surface area contributed by atoms with Gasteiger partial charge in [0.05, 0.1) is 10.7 Å². The number of nitrogens with two attached hydrogens (primary N) is 1. The number of halogens is 1. The first kappa shape index (κ1) is 11.6. The van der Waals surface area contributed by atoms with E-state index >= 15 is 0 Å². The SMILES string of the molecule is NCCc1csc(Cc2ccccc2Cl)n1. The van der Waals surface area contributed by atoms with E-state index in [4.69, 9.17) is 17.3 Å². The third-order valence-electron chi connectivity index (χ3n) is 2.30. The van der Waals surface area contributed by atoms with Crippen LogP contribution >= 0.6 is 22.9 Å². The fourth-order valence-corrected chi connectivity index (χ4v) is 2.55. The van der Waals surface area contributed by atoms with Crippen LogP contribution in [-0.4, -0.2) is 11.5 Å². The summed E-state index contributed by atoms with van der Waals surface area (Å²) in [5.74, 6) is 0. The summed E-state index contributed by atoms with van der Waals surface area (Å²) in [6.45, 7) is 0.648. The van der Waals surface area contributed by atoms with Gasteiger partial charge in [-0.3, -0.25) is 0 Å². The molecule has 0 aliphatic rings. The molecule has 0 saturated carbocycles. The molecular formula is C12H13ClN2S. The lowest BCUT2D eigenvalue weighted by atomic mass is 10.1. The number of aromatic nitrogens is 1. The predicted molar refractivity (Wildman–Crippen MR) is 69.1 cm³/mol. The van der Waals surface area contributed by atoms with E-state index < -0.39 is 0 Å². The van der Waals surface area contributed by atoms with Crippen molar-refractivity contribution in [3.8, 4) is 0 Å². The maximum absolute atomic E-state index is 6.10. The molecule has 0 aliphatic heterocycles. The molecule has 0 amide bonds. The van der Waals surface area contributed by atoms with Gasteiger partial charge in [-0.25, -0.2) is 4.98 Å². The summed E-state index contributed by atoms with van der Waals surface area (Å²) < 4.78 is 0. The molecule has 4 heteroatoms. The predicted octanol–water partition coefficient (Wildman–Crippen LogP) is 2.89. The van der Waals surface area contributed by atoms with Gasteiger partial charge < -0.3 is 5.73 Å². The Bertz CT molecular complexity index is 468. The Kier molecular flexibility index (Phi) is 3.93. The van der Waals surface area contributed by atoms with Gasteiger partial charge in [0.2, 0.25) is 0 Å². The highest BCUT2D eigenvalue weighted by Crippen LogP contribution is 2.20. The van der Waals surface area contributed by atoms with Crippen molar-refractivity contribution in [1.29, 1.82) is 0 Å². The van der Waals surface area contributed by atoms with Gasteiger partial charge in [0.25, 0.3) is 0 Å². The maximum atomic E-state index is 6.10. The first-order valence-corrected chi connectivity index (χ1v) is 6.42. The first-order valence-electron chi connectivity index (χ1n) is 5.16. The van der Waals surface area contributed by atoms with Gasteiger partial charge in [-0.1, -0.05) is 29.8 Å². The molecule has 0 aliphatic carbocycles. The number of rotatable bonds is 4. The Morgan fingerprint density at radius 3 is 2.88 bits per heavy atom. The van der Waals surface area contributed by atoms with Crippen molar-refractivity contribution in [3.63, 3.8) is 0 Å². The van der Waals surface area contributed by atoms with Gasteiger partial charge in [0.15, 0.2) is 0 Å². The zero-order chi connectivity index (χ0) is 11.4. The van der Waals surface area contributed by atoms with Gasteiger partial charge in [-0.15, -0.1) is 11.3 Å². The molecular weight excluding hydrogens is 240 g/mol. The summed E-state index contributed by atoms with van der Waals surface area (Å²) >= 11 is 7.77. The zero-order valence-corrected chi connectivity index (χ0v) is 10.4. The Balaban J connectivity index is 2.11. The third kappa shape index (κ3) is 2.82. The Morgan fingerprint density at radius 1 is 1.31 bits per heavy atom. The molecule has 2 rings (SSSR count). The molecule has 2 N–H and O–H groups in total. The lowest BCUT2D eigenvalue weighted by Gasteiger charge is -2.00. The minimum Gasteiger partial charge on any atom is -0.330 e. The van der Waals surface area contributed by atoms with E-state index in [2.05, 4.69) is 10.4 Å². The average molecular weight is 253 g/mol. The topological polar surface area (TPSA) is 38.9 Å². The van der Waals surface area contributed by atoms with Crippen LogP contribution in [0.5, 0.6) is 0 Å². The summed E-state index contributed by atoms with van der Waals surface area (Å²) in [5.41, 5.74) is 7.69. The van der Waals surface area contributed by atoms with Crippen LogP contribution in [0.1, 0.15) is 16.3 Å². The van der Waals surface area contributed by atoms with Crippen molar-refractivity contribution in [3.05, 3.63) is 50.9 Å². The number of hydrogen-bond donors (Lipinski definition) is 1. The summed E-state index contributed by atoms with van der Waals surface area (Å²) in [6, 6.07) is 7.88. The van der Waals surface area contributed by atoms with Crippen LogP contribution < -0.4 is 5.73 Å². The second kappa shape index (κ2) is 5.43. The molecule has 84 valence electrons. The van der Waals surface area contributed by atoms with E-state index in [1.54, 1.807) is 11.3 Å². The van der Waals surface area contributed by atoms with Crippen molar-refractivity contribution in [2.45, 2.75) is 12.8 Å². The summed E-state index contributed by atoms with van der Waals surface area (Å²) in [4.78, 5) is 4.52. The van der Waals surface area contributed by atoms with Crippen LogP contribution in [0.2, 0.25) is 5.02 Å². The van der Waals surface area contributed by atoms with E-state index in [1.807, 2.05) is 24.3 Å². The average Bonchev–Trinajstić information content (AvgIpc) is 2.70. The van der Waals surface area contributed by atoms with Crippen molar-refractivity contribution in [2.24, 2.45) is 5.73 Å². The Morgan fingerprint density at radius 2 is 2.12 bits per heavy atom. The Labute approximate surface area is 104 Å². The highest BCUT2D eigenvalue weighted by Gasteiger charge is 2.05. The molecule has 0 atom stereocenters. The maximum Gasteiger partial charge on any atom is 0.0972 e. The quantitative estimate of drug-likeness (QED) is 0.909. The minimum atomic E-state index is 0.648. The molecule has 16 heavy (non-hydrogen) atoms. The molecule has 1 aromatic heterocycles. The van der Waals surface area contributed by atoms with E-state index in [-0.39, 0.29) is 0 Å². The van der Waals surface area contributed by atoms with Crippen molar-refractivity contribution in [2.75, 3.05) is 6.54 Å². The van der Waals surface area contributed by atoms with Crippen molar-refractivity contribution in [1.82, 2.24) is 4.98 Å². The summed E-state index contributed by atoms with van der Waals surface area (Å²) in [7, 11) is 0. The van der Waals surface area contributed by atoms with Crippen molar-refractivity contribution >= 4 is 22.9 Å². The standard InChI is InChI=1S/C12H13ClN2S/c13-11-4-2-1-3-9(11)7-12-15-10(5-6-14)8-16-12/h1-4,8H,5-7,14H2. The molecule has 0 unspecified atom stereocenters. The summed E-state index contributed by atoms with van der Waals surface area (Å²) in [6.07, 6.45) is 1.65. The molecule has 0 radical (unpaired) electrons. The lowest BCUT2D eigenvalue weighted by Crippen LogP contribution is -2.02. The first-order chi connectivity index (χ1) is 7.79. The van der Waals surface area contributed by atoms with Gasteiger partial charge in [-0.2, -0.15) is 0 Å². The van der Waals surface area contributed by atoms with Gasteiger partial charge in [0, 0.05) is 23.2 Å². The third-order valence-corrected chi connectivity index (χ3v) is 3.57. The highest BCUT2D eigenvalue weighted by molar-refractivity contribution is 7.09. The smallest absolute Gasteiger partial charge is 0.0972 e. The fraction of sp³-hybridized carbons (Fsp3) is 0.250. The monoisotopic (exact) mass is 252 g/mol. The van der Waals surface area contributed by atoms with Gasteiger partial charge in [0.1, 0.15) is 0 Å². The second-order valence-corrected chi connectivity index (χ2v) is 4.89. The number of benzene rings is 1. The second-order valence-electron chi connectivity index (χ2n) is 3.54. The van der Waals surface area contributed by atoms with Crippen LogP contribution in [0.15, 0.2) is 29.6 Å². The molecule has 0 spiro atoms. The van der Waals surface area contributed by atoms with E-state index in [1.165, 1.54) is 0 Å². The highest BCUT2D eigenvalue weighted by atomic mass is 35.5.